The smallest absolute Gasteiger partial charge is 0.373 e. The van der Waals surface area contributed by atoms with Crippen molar-refractivity contribution >= 4 is 29.6 Å². The summed E-state index contributed by atoms with van der Waals surface area (Å²) in [6.07, 6.45) is 1.75. The first kappa shape index (κ1) is 16.3. The molecule has 0 aromatic heterocycles. The van der Waals surface area contributed by atoms with Crippen LogP contribution in [0.25, 0.3) is 0 Å². The van der Waals surface area contributed by atoms with Crippen LogP contribution in [0.3, 0.4) is 0 Å². The van der Waals surface area contributed by atoms with Crippen LogP contribution >= 0.6 is 11.8 Å². The highest BCUT2D eigenvalue weighted by Crippen LogP contribution is 2.52. The summed E-state index contributed by atoms with van der Waals surface area (Å²) >= 11 is 1.48. The van der Waals surface area contributed by atoms with Crippen molar-refractivity contribution in [3.05, 3.63) is 11.6 Å². The Morgan fingerprint density at radius 2 is 2.22 bits per heavy atom. The van der Waals surface area contributed by atoms with Gasteiger partial charge in [-0.1, -0.05) is 12.5 Å². The molecule has 0 unspecified atom stereocenters. The second kappa shape index (κ2) is 5.52. The summed E-state index contributed by atoms with van der Waals surface area (Å²) in [5.41, 5.74) is 5.16. The van der Waals surface area contributed by atoms with Gasteiger partial charge in [-0.05, 0) is 19.9 Å². The third kappa shape index (κ3) is 2.19. The van der Waals surface area contributed by atoms with E-state index in [1.165, 1.54) is 16.7 Å². The van der Waals surface area contributed by atoms with E-state index in [0.29, 0.717) is 5.75 Å². The molecule has 23 heavy (non-hydrogen) atoms. The number of ether oxygens (including phenoxy) is 2. The maximum absolute atomic E-state index is 12.7. The van der Waals surface area contributed by atoms with Crippen LogP contribution in [0.4, 0.5) is 0 Å². The average Bonchev–Trinajstić information content (AvgIpc) is 2.77. The molecule has 126 valence electrons. The molecule has 2 N–H and O–H groups in total. The Hall–Kier alpha value is -1.54. The fraction of sp³-hybridized carbons (Fsp3) is 0.667. The van der Waals surface area contributed by atoms with Gasteiger partial charge in [-0.2, -0.15) is 0 Å². The zero-order valence-electron chi connectivity index (χ0n) is 13.3. The van der Waals surface area contributed by atoms with Gasteiger partial charge in [-0.15, -0.1) is 11.8 Å². The Labute approximate surface area is 138 Å². The summed E-state index contributed by atoms with van der Waals surface area (Å²) in [6, 6.07) is -0.669. The normalized spacial score (nSPS) is 38.2. The van der Waals surface area contributed by atoms with Crippen molar-refractivity contribution in [1.82, 2.24) is 4.90 Å². The van der Waals surface area contributed by atoms with Gasteiger partial charge in [-0.25, -0.2) is 4.79 Å². The van der Waals surface area contributed by atoms with Crippen molar-refractivity contribution in [2.24, 2.45) is 17.6 Å². The van der Waals surface area contributed by atoms with Gasteiger partial charge in [0.25, 0.3) is 5.72 Å². The van der Waals surface area contributed by atoms with E-state index < -0.39 is 35.5 Å². The van der Waals surface area contributed by atoms with Crippen molar-refractivity contribution < 1.29 is 23.9 Å². The molecule has 3 aliphatic rings. The number of nitrogens with two attached hydrogens (primary N) is 1. The minimum atomic E-state index is -1.66. The molecule has 0 saturated carbocycles. The molecule has 3 heterocycles. The molecule has 8 heteroatoms. The number of carbonyl (C=O) groups is 3. The lowest BCUT2D eigenvalue weighted by Gasteiger charge is -2.56. The molecule has 5 atom stereocenters. The van der Waals surface area contributed by atoms with Gasteiger partial charge in [0.2, 0.25) is 5.91 Å². The summed E-state index contributed by atoms with van der Waals surface area (Å²) in [7, 11) is 0. The maximum Gasteiger partial charge on any atom is 0.373 e. The standard InChI is InChI=1S/C15H20N2O5S/c1-7(2)4-5-21-14(20)15-9(8(3)13(19)22-15)6-23-12-10(16)11(18)17(12)15/h4,8-10,12H,5-6,16H2,1-3H3/t8-,9+,10+,12+,15+/m0/s1. The Balaban J connectivity index is 1.92. The third-order valence-electron chi connectivity index (χ3n) is 4.62. The predicted octanol–water partition coefficient (Wildman–Crippen LogP) is 0.244. The van der Waals surface area contributed by atoms with Crippen LogP contribution in [0, 0.1) is 11.8 Å². The summed E-state index contributed by atoms with van der Waals surface area (Å²) in [6.45, 7) is 5.56. The number of thioether (sulfide) groups is 1. The van der Waals surface area contributed by atoms with Crippen molar-refractivity contribution in [2.45, 2.75) is 37.9 Å². The molecule has 3 rings (SSSR count). The van der Waals surface area contributed by atoms with Gasteiger partial charge >= 0.3 is 11.9 Å². The van der Waals surface area contributed by atoms with Crippen molar-refractivity contribution in [1.29, 1.82) is 0 Å². The number of nitrogens with zero attached hydrogens (tertiary/aromatic N) is 1. The number of amides is 1. The first-order valence-electron chi connectivity index (χ1n) is 7.54. The van der Waals surface area contributed by atoms with Gasteiger partial charge in [0.05, 0.1) is 11.8 Å². The van der Waals surface area contributed by atoms with E-state index in [4.69, 9.17) is 15.2 Å². The number of rotatable bonds is 3. The van der Waals surface area contributed by atoms with Crippen LogP contribution in [0.2, 0.25) is 0 Å². The van der Waals surface area contributed by atoms with E-state index in [1.54, 1.807) is 13.0 Å². The van der Waals surface area contributed by atoms with E-state index in [-0.39, 0.29) is 17.9 Å². The molecule has 3 aliphatic heterocycles. The van der Waals surface area contributed by atoms with Gasteiger partial charge < -0.3 is 15.2 Å². The van der Waals surface area contributed by atoms with Gasteiger partial charge in [0, 0.05) is 5.75 Å². The number of fused-ring (bicyclic) bond motifs is 3. The summed E-state index contributed by atoms with van der Waals surface area (Å²) in [5.74, 6) is -1.93. The molecule has 0 spiro atoms. The number of carbonyl (C=O) groups excluding carboxylic acids is 3. The molecular formula is C15H20N2O5S. The average molecular weight is 340 g/mol. The summed E-state index contributed by atoms with van der Waals surface area (Å²) in [4.78, 5) is 38.3. The quantitative estimate of drug-likeness (QED) is 0.446. The largest absolute Gasteiger partial charge is 0.457 e. The van der Waals surface area contributed by atoms with Crippen LogP contribution in [0.1, 0.15) is 20.8 Å². The van der Waals surface area contributed by atoms with Crippen molar-refractivity contribution in [2.75, 3.05) is 12.4 Å². The first-order valence-corrected chi connectivity index (χ1v) is 8.59. The molecule has 7 nitrogen and oxygen atoms in total. The maximum atomic E-state index is 12.7. The minimum Gasteiger partial charge on any atom is -0.457 e. The molecule has 3 fully saturated rings. The van der Waals surface area contributed by atoms with Crippen LogP contribution < -0.4 is 5.73 Å². The SMILES string of the molecule is CC(C)=CCOC(=O)[C@]12OC(=O)[C@@H](C)[C@H]1CS[C@@H]1[C@H](N)C(=O)N12. The number of hydrogen-bond donors (Lipinski definition) is 1. The molecule has 0 radical (unpaired) electrons. The number of hydrogen-bond acceptors (Lipinski definition) is 7. The molecule has 3 saturated heterocycles. The highest BCUT2D eigenvalue weighted by Gasteiger charge is 2.72. The van der Waals surface area contributed by atoms with Gasteiger partial charge in [-0.3, -0.25) is 14.5 Å². The Morgan fingerprint density at radius 3 is 2.87 bits per heavy atom. The number of allylic oxidation sites excluding steroid dienone is 1. The molecule has 0 aromatic carbocycles. The fourth-order valence-electron chi connectivity index (χ4n) is 3.21. The van der Waals surface area contributed by atoms with E-state index in [0.717, 1.165) is 5.57 Å². The molecule has 0 aliphatic carbocycles. The minimum absolute atomic E-state index is 0.0768. The van der Waals surface area contributed by atoms with E-state index in [2.05, 4.69) is 0 Å². The first-order chi connectivity index (χ1) is 10.8. The second-order valence-corrected chi connectivity index (χ2v) is 7.50. The molecule has 1 amide bonds. The zero-order valence-corrected chi connectivity index (χ0v) is 14.1. The van der Waals surface area contributed by atoms with Crippen molar-refractivity contribution in [3.63, 3.8) is 0 Å². The Kier molecular flexibility index (Phi) is 3.92. The van der Waals surface area contributed by atoms with Gasteiger partial charge in [0.15, 0.2) is 0 Å². The van der Waals surface area contributed by atoms with E-state index in [1.807, 2.05) is 13.8 Å². The summed E-state index contributed by atoms with van der Waals surface area (Å²) < 4.78 is 10.7. The van der Waals surface area contributed by atoms with Crippen molar-refractivity contribution in [3.8, 4) is 0 Å². The van der Waals surface area contributed by atoms with E-state index in [9.17, 15) is 14.4 Å². The monoisotopic (exact) mass is 340 g/mol. The highest BCUT2D eigenvalue weighted by molar-refractivity contribution is 8.00. The summed E-state index contributed by atoms with van der Waals surface area (Å²) in [5, 5.41) is -0.354. The Morgan fingerprint density at radius 1 is 1.52 bits per heavy atom. The van der Waals surface area contributed by atoms with Crippen LogP contribution in [-0.4, -0.2) is 52.2 Å². The molecule has 0 aromatic rings. The lowest BCUT2D eigenvalue weighted by Crippen LogP contribution is -2.79. The van der Waals surface area contributed by atoms with Crippen LogP contribution in [-0.2, 0) is 23.9 Å². The predicted molar refractivity (Wildman–Crippen MR) is 82.9 cm³/mol. The fourth-order valence-corrected chi connectivity index (χ4v) is 4.86. The zero-order chi connectivity index (χ0) is 16.9. The van der Waals surface area contributed by atoms with Crippen LogP contribution in [0.15, 0.2) is 11.6 Å². The topological polar surface area (TPSA) is 98.9 Å². The van der Waals surface area contributed by atoms with Crippen LogP contribution in [0.5, 0.6) is 0 Å². The molecular weight excluding hydrogens is 320 g/mol. The highest BCUT2D eigenvalue weighted by atomic mass is 32.2. The second-order valence-electron chi connectivity index (χ2n) is 6.35. The Bertz CT molecular complexity index is 603. The third-order valence-corrected chi connectivity index (χ3v) is 6.02. The molecule has 0 bridgehead atoms. The number of esters is 2. The lowest BCUT2D eigenvalue weighted by atomic mass is 9.84. The van der Waals surface area contributed by atoms with E-state index >= 15 is 0 Å². The number of β-lactam (4-membered cyclic amide) rings is 1. The van der Waals surface area contributed by atoms with Gasteiger partial charge in [0.1, 0.15) is 18.0 Å². The lowest BCUT2D eigenvalue weighted by molar-refractivity contribution is -0.217.